The molecule has 2 aromatic carbocycles. The summed E-state index contributed by atoms with van der Waals surface area (Å²) in [5.74, 6) is 0.321. The Bertz CT molecular complexity index is 1160. The van der Waals surface area contributed by atoms with Gasteiger partial charge in [0.1, 0.15) is 11.6 Å². The Kier molecular flexibility index (Phi) is 5.90. The number of hydrogen-bond acceptors (Lipinski definition) is 5. The zero-order chi connectivity index (χ0) is 21.6. The van der Waals surface area contributed by atoms with Crippen LogP contribution in [0.4, 0.5) is 0 Å². The van der Waals surface area contributed by atoms with E-state index in [4.69, 9.17) is 49.0 Å². The van der Waals surface area contributed by atoms with Crippen LogP contribution in [0.3, 0.4) is 0 Å². The van der Waals surface area contributed by atoms with Gasteiger partial charge in [0.15, 0.2) is 17.2 Å². The number of ether oxygens (including phenoxy) is 3. The topological polar surface area (TPSA) is 62.6 Å². The van der Waals surface area contributed by atoms with Crippen molar-refractivity contribution in [3.8, 4) is 28.4 Å². The minimum Gasteiger partial charge on any atom is -0.494 e. The van der Waals surface area contributed by atoms with Crippen molar-refractivity contribution in [3.05, 3.63) is 55.1 Å². The Morgan fingerprint density at radius 1 is 1.23 bits per heavy atom. The van der Waals surface area contributed by atoms with E-state index in [2.05, 4.69) is 21.0 Å². The Labute approximate surface area is 195 Å². The number of nitrogens with zero attached hydrogens (tertiary/aromatic N) is 2. The molecule has 3 aromatic rings. The summed E-state index contributed by atoms with van der Waals surface area (Å²) in [6.07, 6.45) is 0. The van der Waals surface area contributed by atoms with Crippen LogP contribution in [0.1, 0.15) is 23.0 Å². The number of methoxy groups -OCH3 is 1. The van der Waals surface area contributed by atoms with Crippen LogP contribution in [-0.4, -0.2) is 29.5 Å². The summed E-state index contributed by atoms with van der Waals surface area (Å²) in [6, 6.07) is 6.82. The summed E-state index contributed by atoms with van der Waals surface area (Å²) in [7, 11) is 1.52. The molecule has 0 saturated carbocycles. The zero-order valence-electron chi connectivity index (χ0n) is 15.8. The molecule has 6 nitrogen and oxygen atoms in total. The van der Waals surface area contributed by atoms with Crippen LogP contribution >= 0.6 is 50.7 Å². The highest BCUT2D eigenvalue weighted by atomic mass is 79.9. The van der Waals surface area contributed by atoms with E-state index in [0.29, 0.717) is 53.5 Å². The molecule has 30 heavy (non-hydrogen) atoms. The second-order valence-electron chi connectivity index (χ2n) is 6.31. The quantitative estimate of drug-likeness (QED) is 0.367. The van der Waals surface area contributed by atoms with E-state index in [1.807, 2.05) is 0 Å². The van der Waals surface area contributed by atoms with E-state index in [9.17, 15) is 4.79 Å². The largest absolute Gasteiger partial charge is 0.494 e. The van der Waals surface area contributed by atoms with Gasteiger partial charge in [-0.15, -0.1) is 0 Å². The van der Waals surface area contributed by atoms with Crippen molar-refractivity contribution >= 4 is 56.7 Å². The van der Waals surface area contributed by atoms with E-state index in [0.717, 1.165) is 0 Å². The van der Waals surface area contributed by atoms with Crippen LogP contribution in [0.5, 0.6) is 11.5 Å². The number of hydrogen-bond donors (Lipinski definition) is 0. The predicted molar refractivity (Wildman–Crippen MR) is 119 cm³/mol. The SMILES string of the molecule is CCOC(=O)c1nn(-c2cc(Cl)cc(Cl)c2)c2c1COc1c-2cc(Br)c(OC)c1Cl. The fraction of sp³-hybridized carbons (Fsp3) is 0.200. The van der Waals surface area contributed by atoms with Gasteiger partial charge in [0.25, 0.3) is 0 Å². The van der Waals surface area contributed by atoms with Crippen LogP contribution in [0.2, 0.25) is 15.1 Å². The van der Waals surface area contributed by atoms with Gasteiger partial charge in [-0.3, -0.25) is 0 Å². The minimum atomic E-state index is -0.550. The van der Waals surface area contributed by atoms with Crippen LogP contribution in [0, 0.1) is 0 Å². The summed E-state index contributed by atoms with van der Waals surface area (Å²) in [5.41, 5.74) is 2.56. The lowest BCUT2D eigenvalue weighted by Gasteiger charge is -2.22. The highest BCUT2D eigenvalue weighted by molar-refractivity contribution is 9.10. The molecule has 0 aliphatic carbocycles. The van der Waals surface area contributed by atoms with Gasteiger partial charge < -0.3 is 14.2 Å². The first-order valence-electron chi connectivity index (χ1n) is 8.80. The van der Waals surface area contributed by atoms with Gasteiger partial charge >= 0.3 is 5.97 Å². The van der Waals surface area contributed by atoms with E-state index in [-0.39, 0.29) is 18.9 Å². The van der Waals surface area contributed by atoms with E-state index in [1.54, 1.807) is 35.9 Å². The highest BCUT2D eigenvalue weighted by Gasteiger charge is 2.33. The molecule has 0 N–H and O–H groups in total. The van der Waals surface area contributed by atoms with Crippen molar-refractivity contribution in [1.29, 1.82) is 0 Å². The molecule has 0 spiro atoms. The molecule has 156 valence electrons. The zero-order valence-corrected chi connectivity index (χ0v) is 19.6. The lowest BCUT2D eigenvalue weighted by Crippen LogP contribution is -2.12. The van der Waals surface area contributed by atoms with E-state index >= 15 is 0 Å². The molecule has 1 aromatic heterocycles. The molecule has 4 rings (SSSR count). The van der Waals surface area contributed by atoms with Crippen LogP contribution < -0.4 is 9.47 Å². The standard InChI is InChI=1S/C20H14BrCl3N2O4/c1-3-29-20(27)16-13-8-30-18-12(7-14(21)19(28-2)15(18)24)17(13)26(25-16)11-5-9(22)4-10(23)6-11/h4-7H,3,8H2,1-2H3. The molecule has 1 aliphatic rings. The molecular formula is C20H14BrCl3N2O4. The monoisotopic (exact) mass is 530 g/mol. The van der Waals surface area contributed by atoms with Crippen molar-refractivity contribution in [1.82, 2.24) is 9.78 Å². The minimum absolute atomic E-state index is 0.0787. The summed E-state index contributed by atoms with van der Waals surface area (Å²) in [5, 5.41) is 5.69. The van der Waals surface area contributed by atoms with Crippen LogP contribution in [0.15, 0.2) is 28.7 Å². The normalized spacial score (nSPS) is 12.1. The molecule has 2 heterocycles. The first-order valence-corrected chi connectivity index (χ1v) is 10.7. The molecule has 10 heteroatoms. The van der Waals surface area contributed by atoms with Crippen molar-refractivity contribution in [2.24, 2.45) is 0 Å². The Morgan fingerprint density at radius 3 is 2.57 bits per heavy atom. The number of halogens is 4. The maximum Gasteiger partial charge on any atom is 0.359 e. The molecule has 0 bridgehead atoms. The number of fused-ring (bicyclic) bond motifs is 3. The predicted octanol–water partition coefficient (Wildman–Crippen LogP) is 6.34. The number of esters is 1. The van der Waals surface area contributed by atoms with Crippen molar-refractivity contribution in [3.63, 3.8) is 0 Å². The molecule has 0 fully saturated rings. The summed E-state index contributed by atoms with van der Waals surface area (Å²) in [6.45, 7) is 2.03. The fourth-order valence-corrected chi connectivity index (χ4v) is 4.86. The summed E-state index contributed by atoms with van der Waals surface area (Å²) >= 11 is 22.4. The number of aromatic nitrogens is 2. The maximum absolute atomic E-state index is 12.6. The first-order chi connectivity index (χ1) is 14.3. The third-order valence-electron chi connectivity index (χ3n) is 4.50. The fourth-order valence-electron chi connectivity index (χ4n) is 3.31. The number of carbonyl (C=O) groups is 1. The lowest BCUT2D eigenvalue weighted by molar-refractivity contribution is 0.0516. The van der Waals surface area contributed by atoms with Gasteiger partial charge in [0.2, 0.25) is 0 Å². The number of benzene rings is 2. The molecule has 0 atom stereocenters. The number of rotatable bonds is 4. The van der Waals surface area contributed by atoms with Gasteiger partial charge in [-0.1, -0.05) is 34.8 Å². The second kappa shape index (κ2) is 8.30. The third-order valence-corrected chi connectivity index (χ3v) is 5.86. The van der Waals surface area contributed by atoms with E-state index < -0.39 is 5.97 Å². The van der Waals surface area contributed by atoms with Crippen molar-refractivity contribution in [2.45, 2.75) is 13.5 Å². The molecule has 0 saturated heterocycles. The average molecular weight is 533 g/mol. The van der Waals surface area contributed by atoms with Gasteiger partial charge in [-0.25, -0.2) is 9.48 Å². The third kappa shape index (κ3) is 3.54. The lowest BCUT2D eigenvalue weighted by atomic mass is 10.0. The van der Waals surface area contributed by atoms with E-state index in [1.165, 1.54) is 7.11 Å². The van der Waals surface area contributed by atoms with Gasteiger partial charge in [0.05, 0.1) is 35.1 Å². The first kappa shape index (κ1) is 21.3. The Morgan fingerprint density at radius 2 is 1.93 bits per heavy atom. The second-order valence-corrected chi connectivity index (χ2v) is 8.41. The Hall–Kier alpha value is -1.93. The summed E-state index contributed by atoms with van der Waals surface area (Å²) in [4.78, 5) is 12.6. The molecule has 0 radical (unpaired) electrons. The maximum atomic E-state index is 12.6. The van der Waals surface area contributed by atoms with Crippen LogP contribution in [0.25, 0.3) is 16.9 Å². The summed E-state index contributed by atoms with van der Waals surface area (Å²) < 4.78 is 18.7. The van der Waals surface area contributed by atoms with Gasteiger partial charge in [0, 0.05) is 15.6 Å². The van der Waals surface area contributed by atoms with Crippen molar-refractivity contribution < 1.29 is 19.0 Å². The molecule has 0 amide bonds. The van der Waals surface area contributed by atoms with Gasteiger partial charge in [-0.05, 0) is 47.1 Å². The molecule has 0 unspecified atom stereocenters. The number of carbonyl (C=O) groups excluding carboxylic acids is 1. The smallest absolute Gasteiger partial charge is 0.359 e. The van der Waals surface area contributed by atoms with Crippen molar-refractivity contribution in [2.75, 3.05) is 13.7 Å². The van der Waals surface area contributed by atoms with Crippen LogP contribution in [-0.2, 0) is 11.3 Å². The Balaban J connectivity index is 2.04. The highest BCUT2D eigenvalue weighted by Crippen LogP contribution is 2.50. The van der Waals surface area contributed by atoms with Gasteiger partial charge in [-0.2, -0.15) is 5.10 Å². The molecular weight excluding hydrogens is 518 g/mol. The average Bonchev–Trinajstić information content (AvgIpc) is 3.08. The molecule has 1 aliphatic heterocycles.